The third-order valence-electron chi connectivity index (χ3n) is 3.63. The van der Waals surface area contributed by atoms with Gasteiger partial charge in [-0.25, -0.2) is 4.79 Å². The normalized spacial score (nSPS) is 14.7. The van der Waals surface area contributed by atoms with Crippen LogP contribution in [0, 0.1) is 0 Å². The van der Waals surface area contributed by atoms with Crippen molar-refractivity contribution in [1.29, 1.82) is 0 Å². The summed E-state index contributed by atoms with van der Waals surface area (Å²) in [4.78, 5) is 23.6. The highest BCUT2D eigenvalue weighted by Crippen LogP contribution is 2.18. The van der Waals surface area contributed by atoms with Gasteiger partial charge >= 0.3 is 6.03 Å². The van der Waals surface area contributed by atoms with Gasteiger partial charge in [-0.3, -0.25) is 4.79 Å². The third-order valence-corrected chi connectivity index (χ3v) is 3.63. The van der Waals surface area contributed by atoms with Gasteiger partial charge in [-0.2, -0.15) is 0 Å². The lowest BCUT2D eigenvalue weighted by Crippen LogP contribution is -2.36. The molecule has 1 aliphatic carbocycles. The minimum atomic E-state index is -0.176. The molecule has 21 heavy (non-hydrogen) atoms. The zero-order valence-electron chi connectivity index (χ0n) is 12.4. The average molecular weight is 289 g/mol. The maximum atomic E-state index is 11.8. The third kappa shape index (κ3) is 4.77. The van der Waals surface area contributed by atoms with Crippen LogP contribution in [-0.4, -0.2) is 24.5 Å². The topological polar surface area (TPSA) is 70.2 Å². The van der Waals surface area contributed by atoms with Crippen LogP contribution in [0.2, 0.25) is 0 Å². The lowest BCUT2D eigenvalue weighted by atomic mass is 10.2. The van der Waals surface area contributed by atoms with E-state index in [9.17, 15) is 9.59 Å². The van der Waals surface area contributed by atoms with E-state index in [1.54, 1.807) is 24.3 Å². The molecule has 1 aliphatic rings. The maximum absolute atomic E-state index is 11.8. The standard InChI is InChI=1S/C16H23N3O2/c1-2-11-17-15(20)12-7-9-14(10-8-12)19-16(21)18-13-5-3-4-6-13/h7-10,13H,2-6,11H2,1H3,(H,17,20)(H2,18,19,21). The molecule has 0 aromatic heterocycles. The van der Waals surface area contributed by atoms with E-state index in [2.05, 4.69) is 16.0 Å². The molecular formula is C16H23N3O2. The summed E-state index contributed by atoms with van der Waals surface area (Å²) in [6, 6.07) is 7.05. The highest BCUT2D eigenvalue weighted by Gasteiger charge is 2.16. The molecule has 1 fully saturated rings. The van der Waals surface area contributed by atoms with Crippen molar-refractivity contribution in [3.8, 4) is 0 Å². The van der Waals surface area contributed by atoms with Crippen molar-refractivity contribution in [2.75, 3.05) is 11.9 Å². The Balaban J connectivity index is 1.83. The van der Waals surface area contributed by atoms with Gasteiger partial charge in [-0.15, -0.1) is 0 Å². The molecule has 1 aromatic carbocycles. The zero-order chi connectivity index (χ0) is 15.1. The monoisotopic (exact) mass is 289 g/mol. The highest BCUT2D eigenvalue weighted by atomic mass is 16.2. The summed E-state index contributed by atoms with van der Waals surface area (Å²) in [7, 11) is 0. The fourth-order valence-corrected chi connectivity index (χ4v) is 2.47. The van der Waals surface area contributed by atoms with Gasteiger partial charge < -0.3 is 16.0 Å². The number of urea groups is 1. The van der Waals surface area contributed by atoms with E-state index in [0.717, 1.165) is 19.3 Å². The lowest BCUT2D eigenvalue weighted by Gasteiger charge is -2.13. The fraction of sp³-hybridized carbons (Fsp3) is 0.500. The molecule has 3 N–H and O–H groups in total. The van der Waals surface area contributed by atoms with Crippen LogP contribution in [0.4, 0.5) is 10.5 Å². The van der Waals surface area contributed by atoms with Crippen LogP contribution >= 0.6 is 0 Å². The largest absolute Gasteiger partial charge is 0.352 e. The number of nitrogens with one attached hydrogen (secondary N) is 3. The number of benzene rings is 1. The number of hydrogen-bond donors (Lipinski definition) is 3. The highest BCUT2D eigenvalue weighted by molar-refractivity contribution is 5.95. The molecule has 5 heteroatoms. The van der Waals surface area contributed by atoms with Gasteiger partial charge in [0.1, 0.15) is 0 Å². The predicted molar refractivity (Wildman–Crippen MR) is 83.5 cm³/mol. The van der Waals surface area contributed by atoms with Crippen LogP contribution in [-0.2, 0) is 0 Å². The number of carbonyl (C=O) groups excluding carboxylic acids is 2. The molecule has 1 aromatic rings. The summed E-state index contributed by atoms with van der Waals surface area (Å²) in [6.07, 6.45) is 5.40. The van der Waals surface area contributed by atoms with Gasteiger partial charge in [0.25, 0.3) is 5.91 Å². The number of carbonyl (C=O) groups is 2. The van der Waals surface area contributed by atoms with Gasteiger partial charge in [0.05, 0.1) is 0 Å². The summed E-state index contributed by atoms with van der Waals surface area (Å²) in [5.41, 5.74) is 1.29. The van der Waals surface area contributed by atoms with E-state index in [4.69, 9.17) is 0 Å². The summed E-state index contributed by atoms with van der Waals surface area (Å²) in [5, 5.41) is 8.58. The zero-order valence-corrected chi connectivity index (χ0v) is 12.4. The predicted octanol–water partition coefficient (Wildman–Crippen LogP) is 2.89. The van der Waals surface area contributed by atoms with Crippen molar-refractivity contribution >= 4 is 17.6 Å². The van der Waals surface area contributed by atoms with Crippen molar-refractivity contribution < 1.29 is 9.59 Å². The first-order valence-corrected chi connectivity index (χ1v) is 7.65. The Kier molecular flexibility index (Phi) is 5.60. The summed E-state index contributed by atoms with van der Waals surface area (Å²) >= 11 is 0. The van der Waals surface area contributed by atoms with Crippen molar-refractivity contribution in [1.82, 2.24) is 10.6 Å². The molecule has 3 amide bonds. The quantitative estimate of drug-likeness (QED) is 0.780. The number of hydrogen-bond acceptors (Lipinski definition) is 2. The number of anilines is 1. The molecule has 1 saturated carbocycles. The van der Waals surface area contributed by atoms with E-state index in [-0.39, 0.29) is 11.9 Å². The molecule has 0 spiro atoms. The summed E-state index contributed by atoms with van der Waals surface area (Å²) in [5.74, 6) is -0.0844. The maximum Gasteiger partial charge on any atom is 0.319 e. The molecule has 5 nitrogen and oxygen atoms in total. The molecule has 0 atom stereocenters. The van der Waals surface area contributed by atoms with E-state index >= 15 is 0 Å². The fourth-order valence-electron chi connectivity index (χ4n) is 2.47. The van der Waals surface area contributed by atoms with Gasteiger partial charge in [-0.05, 0) is 43.5 Å². The second-order valence-corrected chi connectivity index (χ2v) is 5.41. The van der Waals surface area contributed by atoms with Gasteiger partial charge in [-0.1, -0.05) is 19.8 Å². The van der Waals surface area contributed by atoms with Crippen molar-refractivity contribution in [3.63, 3.8) is 0 Å². The summed E-state index contributed by atoms with van der Waals surface area (Å²) < 4.78 is 0. The van der Waals surface area contributed by atoms with E-state index in [1.165, 1.54) is 12.8 Å². The van der Waals surface area contributed by atoms with Crippen molar-refractivity contribution in [3.05, 3.63) is 29.8 Å². The first kappa shape index (κ1) is 15.4. The minimum Gasteiger partial charge on any atom is -0.352 e. The Labute approximate surface area is 125 Å². The molecule has 2 rings (SSSR count). The van der Waals surface area contributed by atoms with Crippen molar-refractivity contribution in [2.45, 2.75) is 45.1 Å². The Morgan fingerprint density at radius 3 is 2.43 bits per heavy atom. The molecule has 0 unspecified atom stereocenters. The van der Waals surface area contributed by atoms with Crippen LogP contribution in [0.25, 0.3) is 0 Å². The van der Waals surface area contributed by atoms with Crippen molar-refractivity contribution in [2.24, 2.45) is 0 Å². The lowest BCUT2D eigenvalue weighted by molar-refractivity contribution is 0.0953. The van der Waals surface area contributed by atoms with Gasteiger partial charge in [0, 0.05) is 23.8 Å². The second kappa shape index (κ2) is 7.67. The first-order valence-electron chi connectivity index (χ1n) is 7.65. The molecule has 0 heterocycles. The number of rotatable bonds is 5. The Morgan fingerprint density at radius 2 is 1.81 bits per heavy atom. The van der Waals surface area contributed by atoms with Crippen LogP contribution in [0.1, 0.15) is 49.4 Å². The smallest absolute Gasteiger partial charge is 0.319 e. The van der Waals surface area contributed by atoms with Gasteiger partial charge in [0.2, 0.25) is 0 Å². The Hall–Kier alpha value is -2.04. The SMILES string of the molecule is CCCNC(=O)c1ccc(NC(=O)NC2CCCC2)cc1. The Bertz CT molecular complexity index is 479. The molecule has 0 bridgehead atoms. The molecule has 0 aliphatic heterocycles. The number of amides is 3. The van der Waals surface area contributed by atoms with E-state index in [1.807, 2.05) is 6.92 Å². The van der Waals surface area contributed by atoms with Crippen LogP contribution < -0.4 is 16.0 Å². The van der Waals surface area contributed by atoms with Gasteiger partial charge in [0.15, 0.2) is 0 Å². The second-order valence-electron chi connectivity index (χ2n) is 5.41. The van der Waals surface area contributed by atoms with Crippen LogP contribution in [0.5, 0.6) is 0 Å². The van der Waals surface area contributed by atoms with E-state index < -0.39 is 0 Å². The minimum absolute atomic E-state index is 0.0844. The average Bonchev–Trinajstić information content (AvgIpc) is 2.98. The molecule has 0 radical (unpaired) electrons. The Morgan fingerprint density at radius 1 is 1.14 bits per heavy atom. The molecular weight excluding hydrogens is 266 g/mol. The van der Waals surface area contributed by atoms with Crippen LogP contribution in [0.15, 0.2) is 24.3 Å². The first-order chi connectivity index (χ1) is 10.2. The molecule has 0 saturated heterocycles. The van der Waals surface area contributed by atoms with Crippen LogP contribution in [0.3, 0.4) is 0 Å². The van der Waals surface area contributed by atoms with E-state index in [0.29, 0.717) is 23.8 Å². The molecule has 114 valence electrons. The summed E-state index contributed by atoms with van der Waals surface area (Å²) in [6.45, 7) is 2.68.